The van der Waals surface area contributed by atoms with E-state index in [0.717, 1.165) is 17.8 Å². The van der Waals surface area contributed by atoms with Crippen molar-refractivity contribution in [2.24, 2.45) is 17.8 Å². The first kappa shape index (κ1) is 7.84. The molecule has 1 saturated carbocycles. The van der Waals surface area contributed by atoms with Gasteiger partial charge in [0.05, 0.1) is 0 Å². The van der Waals surface area contributed by atoms with Crippen molar-refractivity contribution in [1.29, 1.82) is 0 Å². The van der Waals surface area contributed by atoms with E-state index in [2.05, 4.69) is 26.5 Å². The van der Waals surface area contributed by atoms with E-state index in [0.29, 0.717) is 0 Å². The van der Waals surface area contributed by atoms with Gasteiger partial charge < -0.3 is 0 Å². The van der Waals surface area contributed by atoms with Crippen molar-refractivity contribution in [2.45, 2.75) is 33.1 Å². The van der Waals surface area contributed by atoms with Crippen LogP contribution in [0.25, 0.3) is 0 Å². The van der Waals surface area contributed by atoms with Crippen LogP contribution in [0.3, 0.4) is 0 Å². The average Bonchev–Trinajstić information content (AvgIpc) is 1.84. The van der Waals surface area contributed by atoms with Gasteiger partial charge in [-0.2, -0.15) is 0 Å². The van der Waals surface area contributed by atoms with Gasteiger partial charge in [-0.1, -0.05) is 19.9 Å². The number of hydrogen-bond donors (Lipinski definition) is 0. The lowest BCUT2D eigenvalue weighted by Gasteiger charge is -2.33. The Bertz CT molecular complexity index is 109. The highest BCUT2D eigenvalue weighted by Crippen LogP contribution is 2.37. The Hall–Kier alpha value is -0.260. The zero-order chi connectivity index (χ0) is 7.56. The fourth-order valence-corrected chi connectivity index (χ4v) is 1.88. The molecule has 0 aliphatic heterocycles. The topological polar surface area (TPSA) is 0 Å². The molecule has 1 aliphatic rings. The zero-order valence-electron chi connectivity index (χ0n) is 7.14. The van der Waals surface area contributed by atoms with Crippen molar-refractivity contribution in [1.82, 2.24) is 0 Å². The normalized spacial score (nSPS) is 34.6. The minimum atomic E-state index is 0.734. The van der Waals surface area contributed by atoms with E-state index in [4.69, 9.17) is 0 Å². The van der Waals surface area contributed by atoms with Gasteiger partial charge in [0.2, 0.25) is 0 Å². The zero-order valence-corrected chi connectivity index (χ0v) is 7.14. The maximum Gasteiger partial charge on any atom is -0.0262 e. The molecule has 0 spiro atoms. The van der Waals surface area contributed by atoms with Gasteiger partial charge in [0.1, 0.15) is 0 Å². The van der Waals surface area contributed by atoms with Crippen LogP contribution < -0.4 is 0 Å². The predicted molar refractivity (Wildman–Crippen MR) is 45.9 cm³/mol. The van der Waals surface area contributed by atoms with E-state index in [1.807, 2.05) is 0 Å². The summed E-state index contributed by atoms with van der Waals surface area (Å²) in [7, 11) is 0. The lowest BCUT2D eigenvalue weighted by Crippen LogP contribution is -2.22. The van der Waals surface area contributed by atoms with Gasteiger partial charge in [-0.05, 0) is 37.0 Å². The average molecular weight is 138 g/mol. The number of hydrogen-bond acceptors (Lipinski definition) is 0. The maximum absolute atomic E-state index is 3.79. The molecule has 58 valence electrons. The number of allylic oxidation sites excluding steroid dienone is 1. The van der Waals surface area contributed by atoms with E-state index in [-0.39, 0.29) is 0 Å². The lowest BCUT2D eigenvalue weighted by molar-refractivity contribution is 0.186. The molecule has 0 N–H and O–H groups in total. The second-order valence-electron chi connectivity index (χ2n) is 3.89. The van der Waals surface area contributed by atoms with Gasteiger partial charge in [0.15, 0.2) is 0 Å². The van der Waals surface area contributed by atoms with E-state index in [1.54, 1.807) is 0 Å². The Morgan fingerprint density at radius 3 is 2.60 bits per heavy atom. The van der Waals surface area contributed by atoms with Crippen molar-refractivity contribution in [3.05, 3.63) is 12.7 Å². The van der Waals surface area contributed by atoms with E-state index in [9.17, 15) is 0 Å². The van der Waals surface area contributed by atoms with Crippen LogP contribution in [0, 0.1) is 17.8 Å². The molecule has 1 aliphatic carbocycles. The van der Waals surface area contributed by atoms with Crippen molar-refractivity contribution >= 4 is 0 Å². The molecular formula is C10H18. The molecule has 0 saturated heterocycles. The Morgan fingerprint density at radius 1 is 1.60 bits per heavy atom. The van der Waals surface area contributed by atoms with Crippen LogP contribution in [0.1, 0.15) is 33.1 Å². The van der Waals surface area contributed by atoms with Gasteiger partial charge in [0.25, 0.3) is 0 Å². The summed E-state index contributed by atoms with van der Waals surface area (Å²) in [5, 5.41) is 0. The third kappa shape index (κ3) is 1.86. The van der Waals surface area contributed by atoms with Crippen LogP contribution in [0.5, 0.6) is 0 Å². The third-order valence-electron chi connectivity index (χ3n) is 2.58. The van der Waals surface area contributed by atoms with Crippen LogP contribution in [0.4, 0.5) is 0 Å². The third-order valence-corrected chi connectivity index (χ3v) is 2.58. The Balaban J connectivity index is 2.10. The Kier molecular flexibility index (Phi) is 2.53. The molecule has 0 radical (unpaired) electrons. The minimum absolute atomic E-state index is 0.734. The molecule has 0 aromatic carbocycles. The molecule has 0 heteroatoms. The largest absolute Gasteiger partial charge is 0.103 e. The summed E-state index contributed by atoms with van der Waals surface area (Å²) >= 11 is 0. The van der Waals surface area contributed by atoms with E-state index >= 15 is 0 Å². The first-order chi connectivity index (χ1) is 4.72. The number of rotatable bonds is 3. The molecular weight excluding hydrogens is 120 g/mol. The molecule has 0 amide bonds. The highest BCUT2D eigenvalue weighted by molar-refractivity contribution is 4.83. The van der Waals surface area contributed by atoms with Crippen molar-refractivity contribution in [3.8, 4) is 0 Å². The highest BCUT2D eigenvalue weighted by atomic mass is 14.3. The van der Waals surface area contributed by atoms with E-state index < -0.39 is 0 Å². The van der Waals surface area contributed by atoms with Crippen LogP contribution in [-0.2, 0) is 0 Å². The molecule has 10 heavy (non-hydrogen) atoms. The second-order valence-corrected chi connectivity index (χ2v) is 3.89. The summed E-state index contributed by atoms with van der Waals surface area (Å²) in [6.07, 6.45) is 6.35. The second kappa shape index (κ2) is 3.23. The standard InChI is InChI=1S/C10H18/c1-4-8(2)5-10-6-9(3)7-10/h4,8-10H,1,5-7H2,2-3H3. The maximum atomic E-state index is 3.79. The molecule has 1 fully saturated rings. The SMILES string of the molecule is C=CC(C)CC1CC(C)C1. The smallest absolute Gasteiger partial charge is 0.0262 e. The molecule has 0 nitrogen and oxygen atoms in total. The fraction of sp³-hybridized carbons (Fsp3) is 0.800. The molecule has 1 atom stereocenters. The fourth-order valence-electron chi connectivity index (χ4n) is 1.88. The van der Waals surface area contributed by atoms with Crippen LogP contribution in [0.15, 0.2) is 12.7 Å². The summed E-state index contributed by atoms with van der Waals surface area (Å²) in [6, 6.07) is 0. The monoisotopic (exact) mass is 138 g/mol. The first-order valence-corrected chi connectivity index (χ1v) is 4.35. The van der Waals surface area contributed by atoms with Crippen LogP contribution in [-0.4, -0.2) is 0 Å². The first-order valence-electron chi connectivity index (χ1n) is 4.35. The van der Waals surface area contributed by atoms with E-state index in [1.165, 1.54) is 19.3 Å². The van der Waals surface area contributed by atoms with Crippen molar-refractivity contribution in [2.75, 3.05) is 0 Å². The van der Waals surface area contributed by atoms with Gasteiger partial charge in [-0.25, -0.2) is 0 Å². The van der Waals surface area contributed by atoms with Gasteiger partial charge in [0, 0.05) is 0 Å². The molecule has 1 rings (SSSR count). The Labute approximate surface area is 64.3 Å². The Morgan fingerprint density at radius 2 is 2.20 bits per heavy atom. The van der Waals surface area contributed by atoms with Crippen LogP contribution in [0.2, 0.25) is 0 Å². The molecule has 1 unspecified atom stereocenters. The van der Waals surface area contributed by atoms with Crippen molar-refractivity contribution < 1.29 is 0 Å². The minimum Gasteiger partial charge on any atom is -0.103 e. The van der Waals surface area contributed by atoms with Gasteiger partial charge in [-0.15, -0.1) is 6.58 Å². The van der Waals surface area contributed by atoms with Gasteiger partial charge in [-0.3, -0.25) is 0 Å². The summed E-state index contributed by atoms with van der Waals surface area (Å²) in [4.78, 5) is 0. The quantitative estimate of drug-likeness (QED) is 0.525. The lowest BCUT2D eigenvalue weighted by atomic mass is 9.72. The molecule has 0 bridgehead atoms. The van der Waals surface area contributed by atoms with Gasteiger partial charge >= 0.3 is 0 Å². The summed E-state index contributed by atoms with van der Waals surface area (Å²) in [6.45, 7) is 8.39. The van der Waals surface area contributed by atoms with Crippen LogP contribution >= 0.6 is 0 Å². The summed E-state index contributed by atoms with van der Waals surface area (Å²) in [5.41, 5.74) is 0. The summed E-state index contributed by atoms with van der Waals surface area (Å²) in [5.74, 6) is 2.75. The predicted octanol–water partition coefficient (Wildman–Crippen LogP) is 3.24. The summed E-state index contributed by atoms with van der Waals surface area (Å²) < 4.78 is 0. The highest BCUT2D eigenvalue weighted by Gasteiger charge is 2.25. The molecule has 0 aromatic heterocycles. The molecule has 0 aromatic rings. The molecule has 0 heterocycles. The van der Waals surface area contributed by atoms with Crippen molar-refractivity contribution in [3.63, 3.8) is 0 Å².